The normalized spacial score (nSPS) is 10.8. The number of furan rings is 3. The first-order chi connectivity index (χ1) is 10.0. The van der Waals surface area contributed by atoms with Crippen LogP contribution < -0.4 is 0 Å². The van der Waals surface area contributed by atoms with E-state index in [-0.39, 0.29) is 23.1 Å². The van der Waals surface area contributed by atoms with Crippen LogP contribution in [0.4, 0.5) is 0 Å². The minimum atomic E-state index is -0.148. The predicted molar refractivity (Wildman–Crippen MR) is 74.1 cm³/mol. The molecular weight excluding hydrogens is 272 g/mol. The number of ketones is 2. The summed E-state index contributed by atoms with van der Waals surface area (Å²) in [5.74, 6) is 2.15. The smallest absolute Gasteiger partial charge is 0.194 e. The van der Waals surface area contributed by atoms with Gasteiger partial charge in [-0.1, -0.05) is 0 Å². The highest BCUT2D eigenvalue weighted by Crippen LogP contribution is 2.30. The lowest BCUT2D eigenvalue weighted by Gasteiger charge is -1.92. The van der Waals surface area contributed by atoms with E-state index >= 15 is 0 Å². The van der Waals surface area contributed by atoms with Gasteiger partial charge in [0.25, 0.3) is 0 Å². The van der Waals surface area contributed by atoms with Gasteiger partial charge in [-0.15, -0.1) is 0 Å². The lowest BCUT2D eigenvalue weighted by Crippen LogP contribution is -1.85. The second-order valence-corrected chi connectivity index (χ2v) is 4.60. The molecule has 0 saturated heterocycles. The maximum Gasteiger partial charge on any atom is 0.194 e. The zero-order chi connectivity index (χ0) is 15.0. The fourth-order valence-corrected chi connectivity index (χ4v) is 1.92. The minimum Gasteiger partial charge on any atom is -0.450 e. The predicted octanol–water partition coefficient (Wildman–Crippen LogP) is 4.20. The molecule has 0 unspecified atom stereocenters. The molecule has 3 aromatic rings. The van der Waals surface area contributed by atoms with Crippen molar-refractivity contribution in [1.29, 1.82) is 0 Å². The van der Waals surface area contributed by atoms with Crippen LogP contribution in [0.1, 0.15) is 35.0 Å². The van der Waals surface area contributed by atoms with E-state index in [1.807, 2.05) is 0 Å². The molecule has 0 saturated carbocycles. The number of carbonyl (C=O) groups excluding carboxylic acids is 2. The topological polar surface area (TPSA) is 73.6 Å². The van der Waals surface area contributed by atoms with E-state index in [9.17, 15) is 9.59 Å². The van der Waals surface area contributed by atoms with Crippen molar-refractivity contribution in [2.45, 2.75) is 13.8 Å². The van der Waals surface area contributed by atoms with Gasteiger partial charge < -0.3 is 13.3 Å². The van der Waals surface area contributed by atoms with Gasteiger partial charge in [0, 0.05) is 13.8 Å². The summed E-state index contributed by atoms with van der Waals surface area (Å²) in [5, 5.41) is 0. The summed E-state index contributed by atoms with van der Waals surface area (Å²) in [6.45, 7) is 2.87. The Labute approximate surface area is 120 Å². The molecule has 0 spiro atoms. The molecule has 0 aliphatic carbocycles. The fourth-order valence-electron chi connectivity index (χ4n) is 1.92. The lowest BCUT2D eigenvalue weighted by atomic mass is 10.3. The van der Waals surface area contributed by atoms with Gasteiger partial charge in [-0.25, -0.2) is 0 Å². The summed E-state index contributed by atoms with van der Waals surface area (Å²) < 4.78 is 16.4. The number of Topliss-reactive ketones (excluding diaryl/α,β-unsaturated/α-hetero) is 2. The van der Waals surface area contributed by atoms with Crippen molar-refractivity contribution in [2.24, 2.45) is 0 Å². The average Bonchev–Trinajstić information content (AvgIpc) is 3.18. The molecule has 0 amide bonds. The van der Waals surface area contributed by atoms with Crippen LogP contribution >= 0.6 is 0 Å². The molecule has 0 N–H and O–H groups in total. The second kappa shape index (κ2) is 4.94. The quantitative estimate of drug-likeness (QED) is 0.671. The fraction of sp³-hybridized carbons (Fsp3) is 0.125. The van der Waals surface area contributed by atoms with E-state index in [0.717, 1.165) is 0 Å². The van der Waals surface area contributed by atoms with Gasteiger partial charge in [0.05, 0.1) is 0 Å². The van der Waals surface area contributed by atoms with Crippen molar-refractivity contribution in [3.05, 3.63) is 47.9 Å². The van der Waals surface area contributed by atoms with E-state index in [0.29, 0.717) is 23.0 Å². The van der Waals surface area contributed by atoms with E-state index in [2.05, 4.69) is 0 Å². The highest BCUT2D eigenvalue weighted by molar-refractivity contribution is 5.92. The molecule has 21 heavy (non-hydrogen) atoms. The number of rotatable bonds is 4. The minimum absolute atomic E-state index is 0.148. The third kappa shape index (κ3) is 2.45. The van der Waals surface area contributed by atoms with Gasteiger partial charge in [0.2, 0.25) is 0 Å². The van der Waals surface area contributed by atoms with Gasteiger partial charge in [-0.2, -0.15) is 0 Å². The maximum absolute atomic E-state index is 11.2. The Morgan fingerprint density at radius 2 is 0.952 bits per heavy atom. The highest BCUT2D eigenvalue weighted by Gasteiger charge is 2.15. The first-order valence-corrected chi connectivity index (χ1v) is 6.37. The average molecular weight is 284 g/mol. The van der Waals surface area contributed by atoms with Crippen LogP contribution in [0, 0.1) is 0 Å². The van der Waals surface area contributed by atoms with Crippen LogP contribution in [-0.4, -0.2) is 11.6 Å². The highest BCUT2D eigenvalue weighted by atomic mass is 16.4. The molecule has 0 aliphatic rings. The molecule has 3 rings (SSSR count). The zero-order valence-corrected chi connectivity index (χ0v) is 11.5. The first-order valence-electron chi connectivity index (χ1n) is 6.37. The molecular formula is C16H12O5. The van der Waals surface area contributed by atoms with Crippen molar-refractivity contribution >= 4 is 11.6 Å². The summed E-state index contributed by atoms with van der Waals surface area (Å²) in [6, 6.07) is 9.97. The molecule has 5 nitrogen and oxygen atoms in total. The van der Waals surface area contributed by atoms with Crippen LogP contribution in [0.5, 0.6) is 0 Å². The molecule has 3 heterocycles. The standard InChI is InChI=1S/C16H12O5/c1-9(17)11-3-5-13(19-11)15-7-8-16(21-15)14-6-4-12(20-14)10(2)18/h3-8H,1-2H3. The lowest BCUT2D eigenvalue weighted by molar-refractivity contribution is 0.0980. The number of hydrogen-bond donors (Lipinski definition) is 0. The molecule has 0 atom stereocenters. The Bertz CT molecular complexity index is 748. The SMILES string of the molecule is CC(=O)c1ccc(-c2ccc(-c3ccc(C(C)=O)o3)o2)o1. The summed E-state index contributed by atoms with van der Waals surface area (Å²) >= 11 is 0. The Hall–Kier alpha value is -2.82. The zero-order valence-electron chi connectivity index (χ0n) is 11.5. The number of hydrogen-bond acceptors (Lipinski definition) is 5. The Balaban J connectivity index is 1.91. The molecule has 0 fully saturated rings. The summed E-state index contributed by atoms with van der Waals surface area (Å²) in [7, 11) is 0. The van der Waals surface area contributed by atoms with Crippen LogP contribution in [0.15, 0.2) is 49.6 Å². The van der Waals surface area contributed by atoms with Crippen molar-refractivity contribution < 1.29 is 22.8 Å². The largest absolute Gasteiger partial charge is 0.450 e. The maximum atomic E-state index is 11.2. The molecule has 5 heteroatoms. The van der Waals surface area contributed by atoms with Crippen molar-refractivity contribution in [2.75, 3.05) is 0 Å². The molecule has 0 bridgehead atoms. The van der Waals surface area contributed by atoms with E-state index in [1.54, 1.807) is 36.4 Å². The number of carbonyl (C=O) groups is 2. The van der Waals surface area contributed by atoms with Crippen LogP contribution in [0.25, 0.3) is 23.0 Å². The van der Waals surface area contributed by atoms with Gasteiger partial charge in [-0.05, 0) is 36.4 Å². The third-order valence-electron chi connectivity index (χ3n) is 3.00. The van der Waals surface area contributed by atoms with Gasteiger partial charge in [-0.3, -0.25) is 9.59 Å². The van der Waals surface area contributed by atoms with Crippen molar-refractivity contribution in [1.82, 2.24) is 0 Å². The molecule has 106 valence electrons. The van der Waals surface area contributed by atoms with Crippen LogP contribution in [0.3, 0.4) is 0 Å². The first kappa shape index (κ1) is 13.2. The summed E-state index contributed by atoms with van der Waals surface area (Å²) in [4.78, 5) is 22.4. The van der Waals surface area contributed by atoms with Gasteiger partial charge in [0.15, 0.2) is 46.1 Å². The summed E-state index contributed by atoms with van der Waals surface area (Å²) in [6.07, 6.45) is 0. The summed E-state index contributed by atoms with van der Waals surface area (Å²) in [5.41, 5.74) is 0. The van der Waals surface area contributed by atoms with Crippen molar-refractivity contribution in [3.8, 4) is 23.0 Å². The van der Waals surface area contributed by atoms with Crippen LogP contribution in [-0.2, 0) is 0 Å². The molecule has 3 aromatic heterocycles. The van der Waals surface area contributed by atoms with Crippen molar-refractivity contribution in [3.63, 3.8) is 0 Å². The van der Waals surface area contributed by atoms with Gasteiger partial charge >= 0.3 is 0 Å². The molecule has 0 aliphatic heterocycles. The third-order valence-corrected chi connectivity index (χ3v) is 3.00. The van der Waals surface area contributed by atoms with E-state index in [4.69, 9.17) is 13.3 Å². The van der Waals surface area contributed by atoms with Gasteiger partial charge in [0.1, 0.15) is 0 Å². The second-order valence-electron chi connectivity index (χ2n) is 4.60. The Morgan fingerprint density at radius 3 is 1.29 bits per heavy atom. The Kier molecular flexibility index (Phi) is 3.10. The Morgan fingerprint density at radius 1 is 0.619 bits per heavy atom. The monoisotopic (exact) mass is 284 g/mol. The molecule has 0 radical (unpaired) electrons. The van der Waals surface area contributed by atoms with E-state index < -0.39 is 0 Å². The molecule has 0 aromatic carbocycles. The van der Waals surface area contributed by atoms with E-state index in [1.165, 1.54) is 13.8 Å². The van der Waals surface area contributed by atoms with Crippen LogP contribution in [0.2, 0.25) is 0 Å².